The molecule has 25 heavy (non-hydrogen) atoms. The molecule has 0 aliphatic carbocycles. The third-order valence-electron chi connectivity index (χ3n) is 4.71. The van der Waals surface area contributed by atoms with Gasteiger partial charge in [0.1, 0.15) is 0 Å². The number of rotatable bonds is 4. The summed E-state index contributed by atoms with van der Waals surface area (Å²) in [6.45, 7) is 4.41. The maximum absolute atomic E-state index is 3.74. The van der Waals surface area contributed by atoms with Gasteiger partial charge < -0.3 is 5.32 Å². The summed E-state index contributed by atoms with van der Waals surface area (Å²) in [5.74, 6) is 0. The molecule has 4 aromatic rings. The van der Waals surface area contributed by atoms with Crippen molar-refractivity contribution in [2.24, 2.45) is 0 Å². The second-order valence-electron chi connectivity index (χ2n) is 6.97. The molecule has 0 saturated carbocycles. The minimum absolute atomic E-state index is 0.189. The van der Waals surface area contributed by atoms with Gasteiger partial charge in [-0.15, -0.1) is 0 Å². The Labute approximate surface area is 149 Å². The van der Waals surface area contributed by atoms with Gasteiger partial charge in [-0.1, -0.05) is 72.8 Å². The van der Waals surface area contributed by atoms with Crippen LogP contribution in [0.3, 0.4) is 0 Å². The highest BCUT2D eigenvalue weighted by molar-refractivity contribution is 5.84. The topological polar surface area (TPSA) is 12.0 Å². The Bertz CT molecular complexity index is 937. The summed E-state index contributed by atoms with van der Waals surface area (Å²) in [5.41, 5.74) is 2.62. The maximum atomic E-state index is 3.74. The van der Waals surface area contributed by atoms with E-state index in [0.717, 1.165) is 0 Å². The van der Waals surface area contributed by atoms with Crippen LogP contribution in [0.4, 0.5) is 0 Å². The van der Waals surface area contributed by atoms with E-state index in [0.29, 0.717) is 6.04 Å². The number of benzene rings is 4. The lowest BCUT2D eigenvalue weighted by Gasteiger charge is -2.23. The van der Waals surface area contributed by atoms with Crippen LogP contribution in [0, 0.1) is 0 Å². The fourth-order valence-electron chi connectivity index (χ4n) is 3.49. The molecule has 1 heteroatoms. The quantitative estimate of drug-likeness (QED) is 0.479. The van der Waals surface area contributed by atoms with E-state index in [1.165, 1.54) is 32.7 Å². The SMILES string of the molecule is CC(C)NC(c1ccc2ccccc2c1)c1ccc2ccccc2c1. The number of hydrogen-bond donors (Lipinski definition) is 1. The van der Waals surface area contributed by atoms with Crippen LogP contribution in [0.25, 0.3) is 21.5 Å². The number of fused-ring (bicyclic) bond motifs is 2. The van der Waals surface area contributed by atoms with E-state index in [9.17, 15) is 0 Å². The van der Waals surface area contributed by atoms with Crippen LogP contribution in [-0.2, 0) is 0 Å². The highest BCUT2D eigenvalue weighted by Crippen LogP contribution is 2.28. The van der Waals surface area contributed by atoms with E-state index in [1.807, 2.05) is 0 Å². The van der Waals surface area contributed by atoms with Crippen molar-refractivity contribution in [3.05, 3.63) is 96.1 Å². The first kappa shape index (κ1) is 15.9. The zero-order valence-electron chi connectivity index (χ0n) is 14.7. The Kier molecular flexibility index (Phi) is 4.25. The second-order valence-corrected chi connectivity index (χ2v) is 6.97. The van der Waals surface area contributed by atoms with E-state index in [2.05, 4.69) is 104 Å². The van der Waals surface area contributed by atoms with Crippen molar-refractivity contribution in [2.75, 3.05) is 0 Å². The normalized spacial score (nSPS) is 11.7. The van der Waals surface area contributed by atoms with Crippen LogP contribution in [0.15, 0.2) is 84.9 Å². The van der Waals surface area contributed by atoms with Crippen LogP contribution >= 0.6 is 0 Å². The van der Waals surface area contributed by atoms with Crippen molar-refractivity contribution in [3.8, 4) is 0 Å². The first-order valence-electron chi connectivity index (χ1n) is 8.94. The van der Waals surface area contributed by atoms with Crippen molar-refractivity contribution in [2.45, 2.75) is 25.9 Å². The Balaban J connectivity index is 1.82. The first-order chi connectivity index (χ1) is 12.2. The van der Waals surface area contributed by atoms with Crippen molar-refractivity contribution in [1.29, 1.82) is 0 Å². The molecular weight excluding hydrogens is 302 g/mol. The van der Waals surface area contributed by atoms with Crippen molar-refractivity contribution < 1.29 is 0 Å². The molecule has 124 valence electrons. The second kappa shape index (κ2) is 6.70. The highest BCUT2D eigenvalue weighted by Gasteiger charge is 2.16. The summed E-state index contributed by atoms with van der Waals surface area (Å²) in [6, 6.07) is 31.3. The molecule has 0 fully saturated rings. The molecule has 4 rings (SSSR count). The molecule has 0 unspecified atom stereocenters. The van der Waals surface area contributed by atoms with Crippen LogP contribution in [-0.4, -0.2) is 6.04 Å². The molecule has 0 saturated heterocycles. The van der Waals surface area contributed by atoms with E-state index in [-0.39, 0.29) is 6.04 Å². The summed E-state index contributed by atoms with van der Waals surface area (Å²) in [5, 5.41) is 8.89. The molecule has 1 N–H and O–H groups in total. The van der Waals surface area contributed by atoms with E-state index < -0.39 is 0 Å². The Morgan fingerprint density at radius 3 is 1.44 bits per heavy atom. The molecule has 0 spiro atoms. The lowest BCUT2D eigenvalue weighted by atomic mass is 9.94. The lowest BCUT2D eigenvalue weighted by Crippen LogP contribution is -2.28. The van der Waals surface area contributed by atoms with Crippen LogP contribution in [0.2, 0.25) is 0 Å². The zero-order valence-corrected chi connectivity index (χ0v) is 14.7. The predicted octanol–water partition coefficient (Wildman–Crippen LogP) is 6.08. The standard InChI is InChI=1S/C24H23N/c1-17(2)25-24(22-13-11-18-7-3-5-9-20(18)15-22)23-14-12-19-8-4-6-10-21(19)16-23/h3-17,24-25H,1-2H3. The van der Waals surface area contributed by atoms with Gasteiger partial charge in [-0.2, -0.15) is 0 Å². The molecule has 0 aromatic heterocycles. The summed E-state index contributed by atoms with van der Waals surface area (Å²) in [6.07, 6.45) is 0. The van der Waals surface area contributed by atoms with E-state index in [1.54, 1.807) is 0 Å². The molecule has 0 radical (unpaired) electrons. The van der Waals surface area contributed by atoms with E-state index >= 15 is 0 Å². The van der Waals surface area contributed by atoms with Gasteiger partial charge in [-0.3, -0.25) is 0 Å². The number of nitrogens with one attached hydrogen (secondary N) is 1. The number of hydrogen-bond acceptors (Lipinski definition) is 1. The van der Waals surface area contributed by atoms with Gasteiger partial charge in [0.05, 0.1) is 6.04 Å². The highest BCUT2D eigenvalue weighted by atomic mass is 14.9. The van der Waals surface area contributed by atoms with Crippen molar-refractivity contribution in [1.82, 2.24) is 5.32 Å². The van der Waals surface area contributed by atoms with Gasteiger partial charge in [-0.25, -0.2) is 0 Å². The fraction of sp³-hybridized carbons (Fsp3) is 0.167. The van der Waals surface area contributed by atoms with Crippen molar-refractivity contribution >= 4 is 21.5 Å². The molecule has 0 aliphatic heterocycles. The largest absolute Gasteiger partial charge is 0.304 e. The summed E-state index contributed by atoms with van der Waals surface area (Å²) in [4.78, 5) is 0. The Morgan fingerprint density at radius 1 is 0.560 bits per heavy atom. The average Bonchev–Trinajstić information content (AvgIpc) is 2.65. The minimum atomic E-state index is 0.189. The first-order valence-corrected chi connectivity index (χ1v) is 8.94. The van der Waals surface area contributed by atoms with Crippen LogP contribution < -0.4 is 5.32 Å². The van der Waals surface area contributed by atoms with E-state index in [4.69, 9.17) is 0 Å². The van der Waals surface area contributed by atoms with Gasteiger partial charge in [-0.05, 0) is 58.7 Å². The van der Waals surface area contributed by atoms with Gasteiger partial charge >= 0.3 is 0 Å². The van der Waals surface area contributed by atoms with Crippen LogP contribution in [0.1, 0.15) is 31.0 Å². The molecule has 0 heterocycles. The monoisotopic (exact) mass is 325 g/mol. The molecule has 0 aliphatic rings. The zero-order chi connectivity index (χ0) is 17.2. The summed E-state index contributed by atoms with van der Waals surface area (Å²) >= 11 is 0. The molecule has 0 atom stereocenters. The summed E-state index contributed by atoms with van der Waals surface area (Å²) in [7, 11) is 0. The molecule has 4 aromatic carbocycles. The third kappa shape index (κ3) is 3.29. The van der Waals surface area contributed by atoms with Gasteiger partial charge in [0.2, 0.25) is 0 Å². The minimum Gasteiger partial charge on any atom is -0.304 e. The lowest BCUT2D eigenvalue weighted by molar-refractivity contribution is 0.529. The van der Waals surface area contributed by atoms with Gasteiger partial charge in [0.15, 0.2) is 0 Å². The third-order valence-corrected chi connectivity index (χ3v) is 4.71. The van der Waals surface area contributed by atoms with Gasteiger partial charge in [0.25, 0.3) is 0 Å². The maximum Gasteiger partial charge on any atom is 0.0579 e. The van der Waals surface area contributed by atoms with Crippen molar-refractivity contribution in [3.63, 3.8) is 0 Å². The predicted molar refractivity (Wildman–Crippen MR) is 108 cm³/mol. The Morgan fingerprint density at radius 2 is 1.00 bits per heavy atom. The van der Waals surface area contributed by atoms with Gasteiger partial charge in [0, 0.05) is 6.04 Å². The van der Waals surface area contributed by atoms with Crippen LogP contribution in [0.5, 0.6) is 0 Å². The Hall–Kier alpha value is -2.64. The molecule has 1 nitrogen and oxygen atoms in total. The molecule has 0 bridgehead atoms. The molecule has 0 amide bonds. The molecular formula is C24H23N. The summed E-state index contributed by atoms with van der Waals surface area (Å²) < 4.78 is 0. The fourth-order valence-corrected chi connectivity index (χ4v) is 3.49. The average molecular weight is 325 g/mol. The smallest absolute Gasteiger partial charge is 0.0579 e.